The van der Waals surface area contributed by atoms with Gasteiger partial charge in [-0.3, -0.25) is 9.69 Å². The molecule has 0 unspecified atom stereocenters. The van der Waals surface area contributed by atoms with Crippen LogP contribution in [-0.2, 0) is 4.79 Å². The van der Waals surface area contributed by atoms with Gasteiger partial charge in [0.1, 0.15) is 18.1 Å². The SMILES string of the molecule is COc1ccc(N2CCN(CC(=O)Nc3cc(C)on3)C2=O)cc1. The fourth-order valence-electron chi connectivity index (χ4n) is 2.51. The van der Waals surface area contributed by atoms with Gasteiger partial charge in [-0.05, 0) is 31.2 Å². The molecule has 0 radical (unpaired) electrons. The first-order valence-electron chi connectivity index (χ1n) is 7.50. The molecule has 8 heteroatoms. The lowest BCUT2D eigenvalue weighted by Crippen LogP contribution is -2.37. The van der Waals surface area contributed by atoms with E-state index in [0.29, 0.717) is 24.7 Å². The van der Waals surface area contributed by atoms with Crippen molar-refractivity contribution in [3.8, 4) is 5.75 Å². The van der Waals surface area contributed by atoms with Crippen LogP contribution in [0.4, 0.5) is 16.3 Å². The second-order valence-corrected chi connectivity index (χ2v) is 5.42. The third-order valence-corrected chi connectivity index (χ3v) is 3.71. The van der Waals surface area contributed by atoms with Crippen LogP contribution in [0.3, 0.4) is 0 Å². The molecule has 2 aromatic rings. The predicted octanol–water partition coefficient (Wildman–Crippen LogP) is 1.87. The van der Waals surface area contributed by atoms with Crippen molar-refractivity contribution in [3.05, 3.63) is 36.1 Å². The van der Waals surface area contributed by atoms with E-state index < -0.39 is 0 Å². The third-order valence-electron chi connectivity index (χ3n) is 3.71. The monoisotopic (exact) mass is 330 g/mol. The summed E-state index contributed by atoms with van der Waals surface area (Å²) in [6, 6.07) is 8.65. The molecule has 1 N–H and O–H groups in total. The zero-order chi connectivity index (χ0) is 17.1. The number of aromatic nitrogens is 1. The molecule has 1 fully saturated rings. The van der Waals surface area contributed by atoms with Gasteiger partial charge in [0.15, 0.2) is 5.82 Å². The van der Waals surface area contributed by atoms with Crippen LogP contribution in [0.2, 0.25) is 0 Å². The number of carbonyl (C=O) groups excluding carboxylic acids is 2. The van der Waals surface area contributed by atoms with Gasteiger partial charge in [-0.25, -0.2) is 4.79 Å². The Morgan fingerprint density at radius 2 is 2.08 bits per heavy atom. The quantitative estimate of drug-likeness (QED) is 0.904. The molecule has 0 spiro atoms. The maximum atomic E-state index is 12.5. The second-order valence-electron chi connectivity index (χ2n) is 5.42. The second kappa shape index (κ2) is 6.61. The van der Waals surface area contributed by atoms with Gasteiger partial charge in [0.2, 0.25) is 5.91 Å². The van der Waals surface area contributed by atoms with Gasteiger partial charge in [-0.2, -0.15) is 0 Å². The van der Waals surface area contributed by atoms with E-state index in [9.17, 15) is 9.59 Å². The van der Waals surface area contributed by atoms with Gasteiger partial charge < -0.3 is 19.5 Å². The highest BCUT2D eigenvalue weighted by atomic mass is 16.5. The van der Waals surface area contributed by atoms with Crippen molar-refractivity contribution >= 4 is 23.4 Å². The number of rotatable bonds is 5. The van der Waals surface area contributed by atoms with E-state index in [1.807, 2.05) is 12.1 Å². The van der Waals surface area contributed by atoms with Crippen molar-refractivity contribution in [1.29, 1.82) is 0 Å². The molecule has 0 atom stereocenters. The number of urea groups is 1. The van der Waals surface area contributed by atoms with Crippen LogP contribution in [0.15, 0.2) is 34.9 Å². The van der Waals surface area contributed by atoms with E-state index in [2.05, 4.69) is 10.5 Å². The molecule has 0 aliphatic carbocycles. The van der Waals surface area contributed by atoms with E-state index in [-0.39, 0.29) is 18.5 Å². The summed E-state index contributed by atoms with van der Waals surface area (Å²) in [7, 11) is 1.59. The summed E-state index contributed by atoms with van der Waals surface area (Å²) < 4.78 is 10.00. The largest absolute Gasteiger partial charge is 0.497 e. The van der Waals surface area contributed by atoms with Crippen molar-refractivity contribution in [3.63, 3.8) is 0 Å². The maximum Gasteiger partial charge on any atom is 0.325 e. The Bertz CT molecular complexity index is 741. The van der Waals surface area contributed by atoms with Gasteiger partial charge in [0.05, 0.1) is 7.11 Å². The summed E-state index contributed by atoms with van der Waals surface area (Å²) in [4.78, 5) is 27.6. The summed E-state index contributed by atoms with van der Waals surface area (Å²) in [6.45, 7) is 2.72. The van der Waals surface area contributed by atoms with Crippen LogP contribution < -0.4 is 15.0 Å². The lowest BCUT2D eigenvalue weighted by atomic mass is 10.3. The van der Waals surface area contributed by atoms with Crippen molar-refractivity contribution in [2.45, 2.75) is 6.92 Å². The average molecular weight is 330 g/mol. The Morgan fingerprint density at radius 3 is 2.71 bits per heavy atom. The number of carbonyl (C=O) groups is 2. The molecule has 3 rings (SSSR count). The van der Waals surface area contributed by atoms with E-state index in [1.54, 1.807) is 37.1 Å². The minimum atomic E-state index is -0.312. The number of hydrogen-bond acceptors (Lipinski definition) is 5. The first kappa shape index (κ1) is 15.9. The van der Waals surface area contributed by atoms with Gasteiger partial charge in [-0.15, -0.1) is 0 Å². The molecule has 0 bridgehead atoms. The summed E-state index contributed by atoms with van der Waals surface area (Å²) >= 11 is 0. The van der Waals surface area contributed by atoms with Gasteiger partial charge >= 0.3 is 6.03 Å². The van der Waals surface area contributed by atoms with Crippen molar-refractivity contribution in [2.75, 3.05) is 37.0 Å². The summed E-state index contributed by atoms with van der Waals surface area (Å²) in [5.41, 5.74) is 0.774. The topological polar surface area (TPSA) is 87.9 Å². The molecule has 1 aliphatic rings. The number of anilines is 2. The lowest BCUT2D eigenvalue weighted by molar-refractivity contribution is -0.116. The number of ether oxygens (including phenoxy) is 1. The van der Waals surface area contributed by atoms with Crippen LogP contribution in [0.5, 0.6) is 5.75 Å². The van der Waals surface area contributed by atoms with E-state index in [4.69, 9.17) is 9.26 Å². The molecule has 126 valence electrons. The van der Waals surface area contributed by atoms with E-state index in [0.717, 1.165) is 11.4 Å². The predicted molar refractivity (Wildman–Crippen MR) is 87.2 cm³/mol. The van der Waals surface area contributed by atoms with Gasteiger partial charge in [0.25, 0.3) is 0 Å². The Kier molecular flexibility index (Phi) is 4.37. The van der Waals surface area contributed by atoms with Crippen LogP contribution in [0, 0.1) is 6.92 Å². The Hall–Kier alpha value is -3.03. The number of hydrogen-bond donors (Lipinski definition) is 1. The molecule has 1 aliphatic heterocycles. The molecular formula is C16H18N4O4. The zero-order valence-corrected chi connectivity index (χ0v) is 13.5. The van der Waals surface area contributed by atoms with E-state index in [1.165, 1.54) is 4.90 Å². The number of nitrogens with zero attached hydrogens (tertiary/aromatic N) is 3. The maximum absolute atomic E-state index is 12.5. The highest BCUT2D eigenvalue weighted by molar-refractivity contribution is 5.99. The summed E-state index contributed by atoms with van der Waals surface area (Å²) in [5.74, 6) is 1.36. The Balaban J connectivity index is 1.60. The molecule has 24 heavy (non-hydrogen) atoms. The molecule has 0 saturated carbocycles. The van der Waals surface area contributed by atoms with Crippen molar-refractivity contribution in [2.24, 2.45) is 0 Å². The summed E-state index contributed by atoms with van der Waals surface area (Å²) in [5, 5.41) is 6.30. The molecular weight excluding hydrogens is 312 g/mol. The molecule has 1 aromatic carbocycles. The van der Waals surface area contributed by atoms with Crippen LogP contribution in [0.25, 0.3) is 0 Å². The van der Waals surface area contributed by atoms with Crippen LogP contribution in [0.1, 0.15) is 5.76 Å². The Morgan fingerprint density at radius 1 is 1.33 bits per heavy atom. The van der Waals surface area contributed by atoms with Gasteiger partial charge in [-0.1, -0.05) is 5.16 Å². The number of benzene rings is 1. The number of nitrogens with one attached hydrogen (secondary N) is 1. The minimum absolute atomic E-state index is 0.0304. The average Bonchev–Trinajstić information content (AvgIpc) is 3.14. The number of methoxy groups -OCH3 is 1. The first-order chi connectivity index (χ1) is 11.6. The normalized spacial score (nSPS) is 14.2. The third kappa shape index (κ3) is 3.32. The molecule has 3 amide bonds. The molecule has 1 saturated heterocycles. The van der Waals surface area contributed by atoms with Crippen LogP contribution >= 0.6 is 0 Å². The smallest absolute Gasteiger partial charge is 0.325 e. The fourth-order valence-corrected chi connectivity index (χ4v) is 2.51. The van der Waals surface area contributed by atoms with Gasteiger partial charge in [0, 0.05) is 24.8 Å². The number of aryl methyl sites for hydroxylation is 1. The van der Waals surface area contributed by atoms with Crippen LogP contribution in [-0.4, -0.2) is 48.7 Å². The fraction of sp³-hybridized carbons (Fsp3) is 0.312. The molecule has 2 heterocycles. The first-order valence-corrected chi connectivity index (χ1v) is 7.50. The lowest BCUT2D eigenvalue weighted by Gasteiger charge is -2.18. The van der Waals surface area contributed by atoms with Crippen molar-refractivity contribution in [1.82, 2.24) is 10.1 Å². The molecule has 8 nitrogen and oxygen atoms in total. The Labute approximate surface area is 139 Å². The van der Waals surface area contributed by atoms with E-state index >= 15 is 0 Å². The minimum Gasteiger partial charge on any atom is -0.497 e. The highest BCUT2D eigenvalue weighted by Gasteiger charge is 2.30. The highest BCUT2D eigenvalue weighted by Crippen LogP contribution is 2.23. The standard InChI is InChI=1S/C16H18N4O4/c1-11-9-14(18-24-11)17-15(21)10-19-7-8-20(16(19)22)12-3-5-13(23-2)6-4-12/h3-6,9H,7-8,10H2,1-2H3,(H,17,18,21). The summed E-state index contributed by atoms with van der Waals surface area (Å²) in [6.07, 6.45) is 0. The zero-order valence-electron chi connectivity index (χ0n) is 13.5. The molecule has 1 aromatic heterocycles. The van der Waals surface area contributed by atoms with Crippen molar-refractivity contribution < 1.29 is 18.8 Å². The number of amides is 3.